The Hall–Kier alpha value is -2.92. The summed E-state index contributed by atoms with van der Waals surface area (Å²) in [7, 11) is 0. The SMILES string of the molecule is CC(CC1CO1)NCc1cc(-c2ccc3c(N4CCOC[C@@H]4C)nc(N4CCOC[C@@H]4C)nc3n2)ccc1F. The van der Waals surface area contributed by atoms with Gasteiger partial charge in [0.05, 0.1) is 62.3 Å². The second kappa shape index (κ2) is 11.3. The Labute approximate surface area is 228 Å². The van der Waals surface area contributed by atoms with Crippen LogP contribution < -0.4 is 15.1 Å². The van der Waals surface area contributed by atoms with E-state index in [1.54, 1.807) is 6.07 Å². The monoisotopic (exact) mass is 536 g/mol. The molecule has 4 atom stereocenters. The molecule has 10 heteroatoms. The number of benzene rings is 1. The zero-order chi connectivity index (χ0) is 26.9. The highest BCUT2D eigenvalue weighted by Gasteiger charge is 2.28. The predicted molar refractivity (Wildman–Crippen MR) is 149 cm³/mol. The number of nitrogens with zero attached hydrogens (tertiary/aromatic N) is 5. The highest BCUT2D eigenvalue weighted by molar-refractivity contribution is 5.90. The van der Waals surface area contributed by atoms with Crippen molar-refractivity contribution in [3.63, 3.8) is 0 Å². The van der Waals surface area contributed by atoms with Crippen LogP contribution >= 0.6 is 0 Å². The van der Waals surface area contributed by atoms with Crippen molar-refractivity contribution in [3.8, 4) is 11.3 Å². The van der Waals surface area contributed by atoms with Crippen LogP contribution in [0.5, 0.6) is 0 Å². The molecule has 0 aliphatic carbocycles. The minimum absolute atomic E-state index is 0.162. The van der Waals surface area contributed by atoms with Crippen LogP contribution in [0.25, 0.3) is 22.3 Å². The number of aromatic nitrogens is 3. The molecule has 0 bridgehead atoms. The van der Waals surface area contributed by atoms with Gasteiger partial charge < -0.3 is 29.3 Å². The molecule has 0 spiro atoms. The number of hydrogen-bond acceptors (Lipinski definition) is 9. The predicted octanol–water partition coefficient (Wildman–Crippen LogP) is 3.55. The van der Waals surface area contributed by atoms with Crippen LogP contribution in [0, 0.1) is 5.82 Å². The highest BCUT2D eigenvalue weighted by Crippen LogP contribution is 2.31. The minimum atomic E-state index is -0.226. The normalized spacial score (nSPS) is 24.3. The van der Waals surface area contributed by atoms with Crippen molar-refractivity contribution >= 4 is 22.8 Å². The van der Waals surface area contributed by atoms with Gasteiger partial charge in [0.25, 0.3) is 0 Å². The fourth-order valence-electron chi connectivity index (χ4n) is 5.39. The van der Waals surface area contributed by atoms with Gasteiger partial charge in [-0.2, -0.15) is 9.97 Å². The third-order valence-electron chi connectivity index (χ3n) is 7.79. The molecule has 0 radical (unpaired) electrons. The maximum atomic E-state index is 14.7. The third kappa shape index (κ3) is 5.84. The van der Waals surface area contributed by atoms with Crippen LogP contribution in [0.4, 0.5) is 16.2 Å². The van der Waals surface area contributed by atoms with Gasteiger partial charge in [0.2, 0.25) is 5.95 Å². The Bertz CT molecular complexity index is 1320. The smallest absolute Gasteiger partial charge is 0.229 e. The van der Waals surface area contributed by atoms with Gasteiger partial charge >= 0.3 is 0 Å². The quantitative estimate of drug-likeness (QED) is 0.434. The standard InChI is InChI=1S/C29H37FN6O3/c1-18(12-23-17-39-23)31-14-22-13-21(4-6-25(22)30)26-7-5-24-27(32-26)33-29(36-9-11-38-16-20(36)3)34-28(24)35-8-10-37-15-19(35)2/h4-7,13,18-20,23,31H,8-12,14-17H2,1-3H3/t18?,19-,20-,23?/m0/s1. The molecule has 0 saturated carbocycles. The zero-order valence-electron chi connectivity index (χ0n) is 22.9. The Morgan fingerprint density at radius 3 is 2.44 bits per heavy atom. The van der Waals surface area contributed by atoms with E-state index >= 15 is 0 Å². The summed E-state index contributed by atoms with van der Waals surface area (Å²) in [5.41, 5.74) is 2.86. The molecule has 39 heavy (non-hydrogen) atoms. The average molecular weight is 537 g/mol. The number of pyridine rings is 1. The van der Waals surface area contributed by atoms with Crippen LogP contribution in [-0.2, 0) is 20.8 Å². The van der Waals surface area contributed by atoms with E-state index in [0.29, 0.717) is 56.2 Å². The molecule has 0 amide bonds. The van der Waals surface area contributed by atoms with Gasteiger partial charge in [-0.15, -0.1) is 0 Å². The number of rotatable bonds is 8. The fourth-order valence-corrected chi connectivity index (χ4v) is 5.39. The number of morpholine rings is 2. The number of fused-ring (bicyclic) bond motifs is 1. The summed E-state index contributed by atoms with van der Waals surface area (Å²) in [6.07, 6.45) is 1.27. The Kier molecular flexibility index (Phi) is 7.61. The average Bonchev–Trinajstić information content (AvgIpc) is 3.76. The van der Waals surface area contributed by atoms with Gasteiger partial charge in [0, 0.05) is 36.8 Å². The third-order valence-corrected chi connectivity index (χ3v) is 7.79. The summed E-state index contributed by atoms with van der Waals surface area (Å²) >= 11 is 0. The molecular weight excluding hydrogens is 499 g/mol. The van der Waals surface area contributed by atoms with Crippen molar-refractivity contribution in [1.29, 1.82) is 0 Å². The first-order valence-electron chi connectivity index (χ1n) is 14.0. The van der Waals surface area contributed by atoms with Crippen LogP contribution in [0.2, 0.25) is 0 Å². The molecule has 3 aliphatic rings. The Morgan fingerprint density at radius 1 is 0.974 bits per heavy atom. The Morgan fingerprint density at radius 2 is 1.72 bits per heavy atom. The summed E-state index contributed by atoms with van der Waals surface area (Å²) in [6.45, 7) is 11.7. The number of anilines is 2. The van der Waals surface area contributed by atoms with E-state index in [1.165, 1.54) is 6.07 Å². The number of epoxide rings is 1. The highest BCUT2D eigenvalue weighted by atomic mass is 19.1. The molecule has 2 unspecified atom stereocenters. The van der Waals surface area contributed by atoms with E-state index in [2.05, 4.69) is 35.9 Å². The molecule has 2 aromatic heterocycles. The lowest BCUT2D eigenvalue weighted by Crippen LogP contribution is -2.46. The fraction of sp³-hybridized carbons (Fsp3) is 0.552. The molecule has 208 valence electrons. The molecule has 9 nitrogen and oxygen atoms in total. The first kappa shape index (κ1) is 26.3. The first-order chi connectivity index (χ1) is 19.0. The number of hydrogen-bond donors (Lipinski definition) is 1. The molecule has 3 aromatic rings. The minimum Gasteiger partial charge on any atom is -0.377 e. The molecule has 3 fully saturated rings. The maximum Gasteiger partial charge on any atom is 0.229 e. The topological polar surface area (TPSA) is 88.2 Å². The number of ether oxygens (including phenoxy) is 3. The van der Waals surface area contributed by atoms with E-state index < -0.39 is 0 Å². The van der Waals surface area contributed by atoms with Crippen LogP contribution in [-0.4, -0.2) is 85.3 Å². The second-order valence-electron chi connectivity index (χ2n) is 10.9. The summed E-state index contributed by atoms with van der Waals surface area (Å²) in [6, 6.07) is 9.81. The van der Waals surface area contributed by atoms with Gasteiger partial charge in [0.15, 0.2) is 5.65 Å². The first-order valence-corrected chi connectivity index (χ1v) is 14.0. The van der Waals surface area contributed by atoms with Crippen molar-refractivity contribution in [1.82, 2.24) is 20.3 Å². The molecule has 1 N–H and O–H groups in total. The molecular formula is C29H37FN6O3. The summed E-state index contributed by atoms with van der Waals surface area (Å²) in [4.78, 5) is 19.5. The molecule has 3 saturated heterocycles. The molecule has 3 aliphatic heterocycles. The largest absolute Gasteiger partial charge is 0.377 e. The summed E-state index contributed by atoms with van der Waals surface area (Å²) < 4.78 is 31.4. The Balaban J connectivity index is 1.35. The maximum absolute atomic E-state index is 14.7. The van der Waals surface area contributed by atoms with Crippen molar-refractivity contribution in [2.75, 3.05) is 55.9 Å². The van der Waals surface area contributed by atoms with Gasteiger partial charge in [-0.05, 0) is 57.5 Å². The van der Waals surface area contributed by atoms with Crippen molar-refractivity contribution in [2.24, 2.45) is 0 Å². The van der Waals surface area contributed by atoms with E-state index in [9.17, 15) is 4.39 Å². The van der Waals surface area contributed by atoms with Crippen molar-refractivity contribution in [2.45, 2.75) is 58.0 Å². The van der Waals surface area contributed by atoms with E-state index in [4.69, 9.17) is 29.2 Å². The van der Waals surface area contributed by atoms with Crippen molar-refractivity contribution in [3.05, 3.63) is 41.7 Å². The molecule has 1 aromatic carbocycles. The lowest BCUT2D eigenvalue weighted by atomic mass is 10.1. The zero-order valence-corrected chi connectivity index (χ0v) is 22.9. The van der Waals surface area contributed by atoms with E-state index in [-0.39, 0.29) is 23.9 Å². The van der Waals surface area contributed by atoms with Crippen LogP contribution in [0.1, 0.15) is 32.8 Å². The van der Waals surface area contributed by atoms with Gasteiger partial charge in [-0.3, -0.25) is 0 Å². The van der Waals surface area contributed by atoms with Gasteiger partial charge in [0.1, 0.15) is 11.6 Å². The van der Waals surface area contributed by atoms with Gasteiger partial charge in [-0.1, -0.05) is 0 Å². The lowest BCUT2D eigenvalue weighted by molar-refractivity contribution is 0.0973. The number of halogens is 1. The summed E-state index contributed by atoms with van der Waals surface area (Å²) in [5, 5.41) is 4.32. The van der Waals surface area contributed by atoms with Gasteiger partial charge in [-0.25, -0.2) is 9.37 Å². The van der Waals surface area contributed by atoms with E-state index in [1.807, 2.05) is 18.2 Å². The second-order valence-corrected chi connectivity index (χ2v) is 10.9. The molecule has 5 heterocycles. The number of nitrogens with one attached hydrogen (secondary N) is 1. The van der Waals surface area contributed by atoms with Crippen LogP contribution in [0.3, 0.4) is 0 Å². The van der Waals surface area contributed by atoms with Crippen molar-refractivity contribution < 1.29 is 18.6 Å². The summed E-state index contributed by atoms with van der Waals surface area (Å²) in [5.74, 6) is 1.31. The molecule has 6 rings (SSSR count). The lowest BCUT2D eigenvalue weighted by Gasteiger charge is -2.37. The van der Waals surface area contributed by atoms with E-state index in [0.717, 1.165) is 48.6 Å². The van der Waals surface area contributed by atoms with Crippen LogP contribution in [0.15, 0.2) is 30.3 Å².